The van der Waals surface area contributed by atoms with E-state index in [9.17, 15) is 4.79 Å². The van der Waals surface area contributed by atoms with Crippen LogP contribution in [0.1, 0.15) is 23.1 Å². The zero-order valence-electron chi connectivity index (χ0n) is 9.82. The summed E-state index contributed by atoms with van der Waals surface area (Å²) in [7, 11) is 3.21. The number of aromatic nitrogens is 2. The van der Waals surface area contributed by atoms with E-state index in [-0.39, 0.29) is 6.61 Å². The number of anilines is 1. The van der Waals surface area contributed by atoms with E-state index in [1.165, 1.54) is 4.68 Å². The average Bonchev–Trinajstić information content (AvgIpc) is 2.54. The molecular formula is C10H17N3O3. The van der Waals surface area contributed by atoms with Gasteiger partial charge in [0.05, 0.1) is 18.0 Å². The lowest BCUT2D eigenvalue weighted by atomic mass is 10.2. The number of hydrogen-bond acceptors (Lipinski definition) is 5. The second kappa shape index (κ2) is 5.50. The zero-order valence-corrected chi connectivity index (χ0v) is 9.82. The number of ether oxygens (including phenoxy) is 2. The van der Waals surface area contributed by atoms with Crippen LogP contribution in [0.15, 0.2) is 0 Å². The maximum absolute atomic E-state index is 11.7. The van der Waals surface area contributed by atoms with Crippen molar-refractivity contribution in [3.05, 3.63) is 11.4 Å². The zero-order chi connectivity index (χ0) is 12.1. The summed E-state index contributed by atoms with van der Waals surface area (Å²) < 4.78 is 11.2. The number of hydrogen-bond donors (Lipinski definition) is 1. The van der Waals surface area contributed by atoms with Gasteiger partial charge in [-0.05, 0) is 6.42 Å². The van der Waals surface area contributed by atoms with E-state index in [4.69, 9.17) is 15.2 Å². The van der Waals surface area contributed by atoms with Crippen molar-refractivity contribution in [1.29, 1.82) is 0 Å². The number of methoxy groups -OCH3 is 1. The van der Waals surface area contributed by atoms with Crippen LogP contribution in [0.4, 0.5) is 5.69 Å². The number of rotatable bonds is 5. The molecule has 0 amide bonds. The van der Waals surface area contributed by atoms with Crippen molar-refractivity contribution >= 4 is 11.7 Å². The third kappa shape index (κ3) is 2.52. The molecule has 0 saturated carbocycles. The van der Waals surface area contributed by atoms with Crippen molar-refractivity contribution in [2.45, 2.75) is 13.3 Å². The monoisotopic (exact) mass is 227 g/mol. The lowest BCUT2D eigenvalue weighted by Gasteiger charge is -2.04. The third-order valence-corrected chi connectivity index (χ3v) is 2.21. The first-order valence-corrected chi connectivity index (χ1v) is 5.09. The van der Waals surface area contributed by atoms with Crippen LogP contribution in [-0.2, 0) is 22.9 Å². The average molecular weight is 227 g/mol. The number of nitrogens with zero attached hydrogens (tertiary/aromatic N) is 2. The molecule has 90 valence electrons. The van der Waals surface area contributed by atoms with Gasteiger partial charge in [-0.2, -0.15) is 5.10 Å². The van der Waals surface area contributed by atoms with Crippen LogP contribution in [0.3, 0.4) is 0 Å². The minimum atomic E-state index is -0.468. The van der Waals surface area contributed by atoms with E-state index in [0.717, 1.165) is 0 Å². The molecule has 0 bridgehead atoms. The van der Waals surface area contributed by atoms with Crippen molar-refractivity contribution in [2.75, 3.05) is 26.1 Å². The second-order valence-corrected chi connectivity index (χ2v) is 3.31. The summed E-state index contributed by atoms with van der Waals surface area (Å²) >= 11 is 0. The number of aryl methyl sites for hydroxylation is 2. The molecule has 0 saturated heterocycles. The minimum Gasteiger partial charge on any atom is -0.458 e. The summed E-state index contributed by atoms with van der Waals surface area (Å²) in [5, 5.41) is 4.14. The fraction of sp³-hybridized carbons (Fsp3) is 0.600. The molecular weight excluding hydrogens is 210 g/mol. The fourth-order valence-corrected chi connectivity index (χ4v) is 1.39. The molecule has 1 heterocycles. The minimum absolute atomic E-state index is 0.210. The summed E-state index contributed by atoms with van der Waals surface area (Å²) in [4.78, 5) is 11.7. The van der Waals surface area contributed by atoms with Crippen molar-refractivity contribution in [3.63, 3.8) is 0 Å². The fourth-order valence-electron chi connectivity index (χ4n) is 1.39. The summed E-state index contributed by atoms with van der Waals surface area (Å²) in [5.41, 5.74) is 7.21. The first kappa shape index (κ1) is 12.5. The molecule has 0 spiro atoms. The Morgan fingerprint density at radius 3 is 2.69 bits per heavy atom. The van der Waals surface area contributed by atoms with Gasteiger partial charge < -0.3 is 15.2 Å². The highest BCUT2D eigenvalue weighted by Gasteiger charge is 2.20. The van der Waals surface area contributed by atoms with Gasteiger partial charge in [0, 0.05) is 14.2 Å². The molecule has 2 N–H and O–H groups in total. The van der Waals surface area contributed by atoms with Gasteiger partial charge >= 0.3 is 5.97 Å². The molecule has 6 heteroatoms. The third-order valence-electron chi connectivity index (χ3n) is 2.21. The predicted molar refractivity (Wildman–Crippen MR) is 59.2 cm³/mol. The highest BCUT2D eigenvalue weighted by molar-refractivity contribution is 5.93. The van der Waals surface area contributed by atoms with E-state index < -0.39 is 5.97 Å². The van der Waals surface area contributed by atoms with Crippen LogP contribution in [-0.4, -0.2) is 36.1 Å². The van der Waals surface area contributed by atoms with Gasteiger partial charge in [-0.3, -0.25) is 4.68 Å². The SMILES string of the molecule is CCc1nn(C)c(C(=O)OCCOC)c1N. The van der Waals surface area contributed by atoms with Gasteiger partial charge in [-0.15, -0.1) is 0 Å². The van der Waals surface area contributed by atoms with Gasteiger partial charge in [0.2, 0.25) is 0 Å². The molecule has 0 atom stereocenters. The Hall–Kier alpha value is -1.56. The van der Waals surface area contributed by atoms with Crippen LogP contribution in [0.25, 0.3) is 0 Å². The van der Waals surface area contributed by atoms with Gasteiger partial charge in [-0.25, -0.2) is 4.79 Å². The smallest absolute Gasteiger partial charge is 0.358 e. The molecule has 0 aliphatic carbocycles. The maximum Gasteiger partial charge on any atom is 0.358 e. The van der Waals surface area contributed by atoms with Crippen LogP contribution in [0.2, 0.25) is 0 Å². The number of nitrogens with two attached hydrogens (primary N) is 1. The lowest BCUT2D eigenvalue weighted by molar-refractivity contribution is 0.0377. The summed E-state index contributed by atoms with van der Waals surface area (Å²) in [6.45, 7) is 2.50. The van der Waals surface area contributed by atoms with E-state index in [1.807, 2.05) is 6.92 Å². The standard InChI is InChI=1S/C10H17N3O3/c1-4-7-8(11)9(13(2)12-7)10(14)16-6-5-15-3/h4-6,11H2,1-3H3. The van der Waals surface area contributed by atoms with E-state index in [0.29, 0.717) is 30.1 Å². The Labute approximate surface area is 94.3 Å². The second-order valence-electron chi connectivity index (χ2n) is 3.31. The number of nitrogen functional groups attached to an aromatic ring is 1. The topological polar surface area (TPSA) is 79.4 Å². The van der Waals surface area contributed by atoms with Crippen LogP contribution < -0.4 is 5.73 Å². The summed E-state index contributed by atoms with van der Waals surface area (Å²) in [6, 6.07) is 0. The molecule has 1 rings (SSSR count). The Balaban J connectivity index is 2.78. The van der Waals surface area contributed by atoms with Crippen molar-refractivity contribution < 1.29 is 14.3 Å². The molecule has 0 aliphatic heterocycles. The predicted octanol–water partition coefficient (Wildman–Crippen LogP) is 0.368. The molecule has 0 unspecified atom stereocenters. The first-order chi connectivity index (χ1) is 7.61. The van der Waals surface area contributed by atoms with E-state index >= 15 is 0 Å². The van der Waals surface area contributed by atoms with Crippen LogP contribution in [0.5, 0.6) is 0 Å². The number of carbonyl (C=O) groups excluding carboxylic acids is 1. The van der Waals surface area contributed by atoms with Gasteiger partial charge in [0.1, 0.15) is 6.61 Å². The lowest BCUT2D eigenvalue weighted by Crippen LogP contribution is -2.15. The highest BCUT2D eigenvalue weighted by Crippen LogP contribution is 2.17. The summed E-state index contributed by atoms with van der Waals surface area (Å²) in [6.07, 6.45) is 0.686. The molecule has 0 aliphatic rings. The normalized spacial score (nSPS) is 10.4. The van der Waals surface area contributed by atoms with Gasteiger partial charge in [0.15, 0.2) is 5.69 Å². The Morgan fingerprint density at radius 2 is 2.19 bits per heavy atom. The molecule has 0 radical (unpaired) electrons. The Bertz CT molecular complexity index is 374. The highest BCUT2D eigenvalue weighted by atomic mass is 16.6. The van der Waals surface area contributed by atoms with Crippen molar-refractivity contribution in [1.82, 2.24) is 9.78 Å². The molecule has 1 aromatic rings. The molecule has 0 fully saturated rings. The van der Waals surface area contributed by atoms with Crippen LogP contribution in [0, 0.1) is 0 Å². The largest absolute Gasteiger partial charge is 0.458 e. The number of carbonyl (C=O) groups is 1. The maximum atomic E-state index is 11.7. The van der Waals surface area contributed by atoms with Gasteiger partial charge in [0.25, 0.3) is 0 Å². The Morgan fingerprint density at radius 1 is 1.50 bits per heavy atom. The molecule has 6 nitrogen and oxygen atoms in total. The van der Waals surface area contributed by atoms with Crippen molar-refractivity contribution in [3.8, 4) is 0 Å². The number of esters is 1. The molecule has 0 aromatic carbocycles. The van der Waals surface area contributed by atoms with E-state index in [2.05, 4.69) is 5.10 Å². The quantitative estimate of drug-likeness (QED) is 0.580. The van der Waals surface area contributed by atoms with E-state index in [1.54, 1.807) is 14.2 Å². The Kier molecular flexibility index (Phi) is 4.30. The van der Waals surface area contributed by atoms with Crippen LogP contribution >= 0.6 is 0 Å². The first-order valence-electron chi connectivity index (χ1n) is 5.09. The van der Waals surface area contributed by atoms with Gasteiger partial charge in [-0.1, -0.05) is 6.92 Å². The summed E-state index contributed by atoms with van der Waals surface area (Å²) in [5.74, 6) is -0.468. The molecule has 1 aromatic heterocycles. The molecule has 16 heavy (non-hydrogen) atoms. The van der Waals surface area contributed by atoms with Crippen molar-refractivity contribution in [2.24, 2.45) is 7.05 Å².